The minimum absolute atomic E-state index is 0.230. The summed E-state index contributed by atoms with van der Waals surface area (Å²) in [6.45, 7) is 8.85. The molecule has 3 heterocycles. The summed E-state index contributed by atoms with van der Waals surface area (Å²) in [5, 5.41) is 5.97. The fraction of sp³-hybridized carbons (Fsp3) is 0.321. The summed E-state index contributed by atoms with van der Waals surface area (Å²) in [5.41, 5.74) is 18.2. The van der Waals surface area contributed by atoms with E-state index in [0.29, 0.717) is 32.6 Å². The monoisotopic (exact) mass is 518 g/mol. The highest BCUT2D eigenvalue weighted by molar-refractivity contribution is 7.21. The van der Waals surface area contributed by atoms with Crippen molar-refractivity contribution in [1.82, 2.24) is 4.98 Å². The number of nitrogens with one attached hydrogen (secondary N) is 1. The normalized spacial score (nSPS) is 15.6. The Bertz CT molecular complexity index is 1490. The van der Waals surface area contributed by atoms with Crippen LogP contribution >= 0.6 is 22.7 Å². The molecule has 36 heavy (non-hydrogen) atoms. The van der Waals surface area contributed by atoms with Crippen molar-refractivity contribution < 1.29 is 9.59 Å². The lowest BCUT2D eigenvalue weighted by Gasteiger charge is -2.34. The molecule has 3 aromatic heterocycles. The van der Waals surface area contributed by atoms with Gasteiger partial charge in [0.15, 0.2) is 0 Å². The van der Waals surface area contributed by atoms with Gasteiger partial charge in [-0.05, 0) is 54.7 Å². The average molecular weight is 519 g/mol. The number of thiophene rings is 2. The van der Waals surface area contributed by atoms with Crippen LogP contribution in [-0.4, -0.2) is 16.8 Å². The Kier molecular flexibility index (Phi) is 6.12. The molecule has 1 aliphatic carbocycles. The Morgan fingerprint density at radius 2 is 1.89 bits per heavy atom. The van der Waals surface area contributed by atoms with Crippen LogP contribution in [0.4, 0.5) is 10.7 Å². The van der Waals surface area contributed by atoms with E-state index in [9.17, 15) is 9.59 Å². The van der Waals surface area contributed by atoms with Crippen LogP contribution in [0.2, 0.25) is 0 Å². The molecule has 0 saturated carbocycles. The van der Waals surface area contributed by atoms with Crippen molar-refractivity contribution in [3.05, 3.63) is 63.0 Å². The molecule has 5 N–H and O–H groups in total. The zero-order valence-electron chi connectivity index (χ0n) is 20.9. The van der Waals surface area contributed by atoms with Crippen LogP contribution in [0.15, 0.2) is 35.7 Å². The molecule has 0 radical (unpaired) electrons. The summed E-state index contributed by atoms with van der Waals surface area (Å²) in [6, 6.07) is 9.95. The van der Waals surface area contributed by atoms with Crippen molar-refractivity contribution in [2.24, 2.45) is 17.1 Å². The Morgan fingerprint density at radius 1 is 1.17 bits per heavy atom. The fourth-order valence-corrected chi connectivity index (χ4v) is 6.86. The zero-order valence-corrected chi connectivity index (χ0v) is 22.5. The molecule has 4 aromatic rings. The maximum atomic E-state index is 13.3. The molecule has 1 unspecified atom stereocenters. The molecule has 0 spiro atoms. The third-order valence-corrected chi connectivity index (χ3v) is 9.15. The van der Waals surface area contributed by atoms with Crippen LogP contribution in [0.1, 0.15) is 64.0 Å². The predicted octanol–water partition coefficient (Wildman–Crippen LogP) is 6.42. The fourth-order valence-electron chi connectivity index (χ4n) is 4.90. The summed E-state index contributed by atoms with van der Waals surface area (Å²) in [7, 11) is 0. The number of carbonyl (C=O) groups is 2. The van der Waals surface area contributed by atoms with Gasteiger partial charge in [-0.25, -0.2) is 4.98 Å². The van der Waals surface area contributed by atoms with Crippen LogP contribution in [0, 0.1) is 18.3 Å². The van der Waals surface area contributed by atoms with Crippen LogP contribution < -0.4 is 16.8 Å². The number of benzene rings is 1. The number of fused-ring (bicyclic) bond motifs is 2. The molecule has 5 rings (SSSR count). The van der Waals surface area contributed by atoms with Crippen molar-refractivity contribution in [2.45, 2.75) is 47.0 Å². The number of hydrogen-bond donors (Lipinski definition) is 3. The van der Waals surface area contributed by atoms with Crippen LogP contribution in [-0.2, 0) is 12.8 Å². The van der Waals surface area contributed by atoms with Gasteiger partial charge in [-0.1, -0.05) is 50.6 Å². The Hall–Kier alpha value is -3.23. The molecular weight excluding hydrogens is 488 g/mol. The van der Waals surface area contributed by atoms with Gasteiger partial charge in [0, 0.05) is 22.0 Å². The van der Waals surface area contributed by atoms with Crippen LogP contribution in [0.25, 0.3) is 21.3 Å². The second kappa shape index (κ2) is 9.01. The highest BCUT2D eigenvalue weighted by atomic mass is 32.1. The first kappa shape index (κ1) is 24.5. The molecule has 0 fully saturated rings. The Labute approximate surface area is 218 Å². The summed E-state index contributed by atoms with van der Waals surface area (Å²) in [4.78, 5) is 31.7. The molecule has 0 aliphatic heterocycles. The number of aromatic nitrogens is 1. The standard InChI is InChI=1S/C28H30N4O2S2/c1-14-5-7-15(8-6-14)19-13-35-27(21(19)24(30)33)32-25(34)23-22(29)18-12-16-11-17(28(2,3)4)9-10-20(16)31-26(18)36-23/h5-8,12-13,17H,9-11,29H2,1-4H3,(H2,30,33)(H,32,34). The maximum absolute atomic E-state index is 13.3. The van der Waals surface area contributed by atoms with E-state index in [-0.39, 0.29) is 11.3 Å². The van der Waals surface area contributed by atoms with E-state index in [4.69, 9.17) is 16.5 Å². The SMILES string of the molecule is Cc1ccc(-c2csc(NC(=O)c3sc4nc5c(cc4c3N)CC(C(C)(C)C)CC5)c2C(N)=O)cc1. The quantitative estimate of drug-likeness (QED) is 0.289. The second-order valence-corrected chi connectivity index (χ2v) is 12.5. The first-order valence-electron chi connectivity index (χ1n) is 12.0. The number of carbonyl (C=O) groups excluding carboxylic acids is 2. The number of nitrogen functional groups attached to an aromatic ring is 1. The lowest BCUT2D eigenvalue weighted by atomic mass is 9.71. The Balaban J connectivity index is 1.47. The first-order chi connectivity index (χ1) is 17.0. The van der Waals surface area contributed by atoms with Crippen molar-refractivity contribution >= 4 is 55.4 Å². The number of hydrogen-bond acceptors (Lipinski definition) is 6. The summed E-state index contributed by atoms with van der Waals surface area (Å²) in [6.07, 6.45) is 3.02. The van der Waals surface area contributed by atoms with E-state index in [1.165, 1.54) is 28.2 Å². The van der Waals surface area contributed by atoms with Gasteiger partial charge in [0.2, 0.25) is 0 Å². The smallest absolute Gasteiger partial charge is 0.268 e. The number of nitrogens with two attached hydrogens (primary N) is 2. The second-order valence-electron chi connectivity index (χ2n) is 10.6. The molecule has 1 aliphatic rings. The maximum Gasteiger partial charge on any atom is 0.268 e. The molecule has 6 nitrogen and oxygen atoms in total. The number of primary amides is 1. The average Bonchev–Trinajstić information content (AvgIpc) is 3.38. The molecule has 1 atom stereocenters. The van der Waals surface area contributed by atoms with Crippen molar-refractivity contribution in [1.29, 1.82) is 0 Å². The van der Waals surface area contributed by atoms with Gasteiger partial charge in [-0.3, -0.25) is 9.59 Å². The first-order valence-corrected chi connectivity index (χ1v) is 13.7. The minimum Gasteiger partial charge on any atom is -0.397 e. The van der Waals surface area contributed by atoms with Crippen LogP contribution in [0.3, 0.4) is 0 Å². The van der Waals surface area contributed by atoms with E-state index in [1.54, 1.807) is 0 Å². The van der Waals surface area contributed by atoms with Gasteiger partial charge in [-0.15, -0.1) is 22.7 Å². The molecule has 0 saturated heterocycles. The van der Waals surface area contributed by atoms with E-state index in [1.807, 2.05) is 36.6 Å². The summed E-state index contributed by atoms with van der Waals surface area (Å²) in [5.74, 6) is -0.365. The third kappa shape index (κ3) is 4.40. The van der Waals surface area contributed by atoms with Gasteiger partial charge in [-0.2, -0.15) is 0 Å². The van der Waals surface area contributed by atoms with E-state index < -0.39 is 5.91 Å². The summed E-state index contributed by atoms with van der Waals surface area (Å²) < 4.78 is 0. The zero-order chi connectivity index (χ0) is 25.8. The van der Waals surface area contributed by atoms with E-state index >= 15 is 0 Å². The molecule has 1 aromatic carbocycles. The van der Waals surface area contributed by atoms with Crippen LogP contribution in [0.5, 0.6) is 0 Å². The lowest BCUT2D eigenvalue weighted by Crippen LogP contribution is -2.27. The molecule has 8 heteroatoms. The molecule has 2 amide bonds. The lowest BCUT2D eigenvalue weighted by molar-refractivity contribution is 0.100. The highest BCUT2D eigenvalue weighted by Crippen LogP contribution is 2.41. The number of pyridine rings is 1. The van der Waals surface area contributed by atoms with Gasteiger partial charge in [0.1, 0.15) is 14.7 Å². The van der Waals surface area contributed by atoms with Crippen molar-refractivity contribution in [3.8, 4) is 11.1 Å². The van der Waals surface area contributed by atoms with E-state index in [2.05, 4.69) is 32.2 Å². The Morgan fingerprint density at radius 3 is 2.56 bits per heavy atom. The van der Waals surface area contributed by atoms with Gasteiger partial charge in [0.25, 0.3) is 11.8 Å². The minimum atomic E-state index is -0.589. The number of rotatable bonds is 4. The summed E-state index contributed by atoms with van der Waals surface area (Å²) >= 11 is 2.57. The highest BCUT2D eigenvalue weighted by Gasteiger charge is 2.30. The van der Waals surface area contributed by atoms with Crippen molar-refractivity contribution in [3.63, 3.8) is 0 Å². The molecular formula is C28H30N4O2S2. The van der Waals surface area contributed by atoms with Crippen molar-refractivity contribution in [2.75, 3.05) is 11.1 Å². The third-order valence-electron chi connectivity index (χ3n) is 7.14. The van der Waals surface area contributed by atoms with E-state index in [0.717, 1.165) is 46.3 Å². The number of anilines is 2. The molecule has 186 valence electrons. The number of aryl methyl sites for hydroxylation is 2. The number of amides is 2. The van der Waals surface area contributed by atoms with Gasteiger partial charge < -0.3 is 16.8 Å². The topological polar surface area (TPSA) is 111 Å². The van der Waals surface area contributed by atoms with Gasteiger partial charge in [0.05, 0.1) is 11.3 Å². The number of nitrogens with zero attached hydrogens (tertiary/aromatic N) is 1. The predicted molar refractivity (Wildman–Crippen MR) is 150 cm³/mol. The van der Waals surface area contributed by atoms with Gasteiger partial charge >= 0.3 is 0 Å². The molecule has 0 bridgehead atoms. The largest absolute Gasteiger partial charge is 0.397 e.